The maximum atomic E-state index is 13.0. The Balaban J connectivity index is 2.61. The van der Waals surface area contributed by atoms with Crippen LogP contribution in [0.1, 0.15) is 32.2 Å². The lowest BCUT2D eigenvalue weighted by Crippen LogP contribution is -2.56. The minimum atomic E-state index is -1.86. The molecule has 0 saturated carbocycles. The summed E-state index contributed by atoms with van der Waals surface area (Å²) in [6.07, 6.45) is 0. The molecule has 10 heteroatoms. The van der Waals surface area contributed by atoms with Gasteiger partial charge < -0.3 is 14.2 Å². The highest BCUT2D eigenvalue weighted by atomic mass is 32.2. The molecular formula is C17H21N3O5S2. The lowest BCUT2D eigenvalue weighted by molar-refractivity contribution is -0.165. The van der Waals surface area contributed by atoms with Crippen molar-refractivity contribution in [1.29, 1.82) is 0 Å². The van der Waals surface area contributed by atoms with Crippen molar-refractivity contribution >= 4 is 46.8 Å². The van der Waals surface area contributed by atoms with Gasteiger partial charge in [-0.25, -0.2) is 19.8 Å². The monoisotopic (exact) mass is 411 g/mol. The van der Waals surface area contributed by atoms with Gasteiger partial charge in [0.1, 0.15) is 4.99 Å². The largest absolute Gasteiger partial charge is 0.465 e. The lowest BCUT2D eigenvalue weighted by atomic mass is 10.00. The van der Waals surface area contributed by atoms with E-state index in [4.69, 9.17) is 26.4 Å². The molecule has 0 fully saturated rings. The van der Waals surface area contributed by atoms with Crippen molar-refractivity contribution in [3.63, 3.8) is 0 Å². The quantitative estimate of drug-likeness (QED) is 0.397. The van der Waals surface area contributed by atoms with Crippen molar-refractivity contribution in [1.82, 2.24) is 9.97 Å². The van der Waals surface area contributed by atoms with Crippen molar-refractivity contribution in [3.05, 3.63) is 17.5 Å². The molecule has 0 aromatic carbocycles. The fourth-order valence-corrected chi connectivity index (χ4v) is 4.30. The molecule has 8 nitrogen and oxygen atoms in total. The van der Waals surface area contributed by atoms with Gasteiger partial charge in [0.2, 0.25) is 0 Å². The molecular weight excluding hydrogens is 390 g/mol. The topological polar surface area (TPSA) is 100.0 Å². The normalized spacial score (nSPS) is 21.9. The van der Waals surface area contributed by atoms with Crippen LogP contribution in [0.3, 0.4) is 0 Å². The van der Waals surface area contributed by atoms with Gasteiger partial charge in [-0.3, -0.25) is 4.79 Å². The van der Waals surface area contributed by atoms with E-state index in [1.165, 1.54) is 0 Å². The second-order valence-electron chi connectivity index (χ2n) is 5.68. The molecule has 1 aliphatic rings. The third kappa shape index (κ3) is 4.62. The zero-order valence-corrected chi connectivity index (χ0v) is 17.4. The first-order valence-electron chi connectivity index (χ1n) is 8.36. The Morgan fingerprint density at radius 3 is 2.33 bits per heavy atom. The fourth-order valence-electron chi connectivity index (χ4n) is 2.55. The van der Waals surface area contributed by atoms with Crippen LogP contribution < -0.4 is 0 Å². The standard InChI is InChI=1S/C17H21N3O5S2/c1-6-23-14(21)12-13(26)20-11(5)25-17(12,15(22)24-7-2)27-16-18-9(3)8-10(4)19-16/h8,12H,6-7H2,1-5H3/t12-,17+/m0/s1. The average molecular weight is 412 g/mol. The summed E-state index contributed by atoms with van der Waals surface area (Å²) >= 11 is 6.15. The maximum Gasteiger partial charge on any atom is 0.363 e. The summed E-state index contributed by atoms with van der Waals surface area (Å²) in [4.78, 5) is 36.4. The minimum Gasteiger partial charge on any atom is -0.465 e. The molecule has 2 rings (SSSR count). The van der Waals surface area contributed by atoms with E-state index in [9.17, 15) is 9.59 Å². The minimum absolute atomic E-state index is 0.0119. The number of rotatable bonds is 6. The number of aromatic nitrogens is 2. The number of nitrogens with zero attached hydrogens (tertiary/aromatic N) is 3. The highest BCUT2D eigenvalue weighted by molar-refractivity contribution is 8.01. The van der Waals surface area contributed by atoms with Crippen LogP contribution in [0.4, 0.5) is 0 Å². The van der Waals surface area contributed by atoms with E-state index >= 15 is 0 Å². The number of ether oxygens (including phenoxy) is 3. The average Bonchev–Trinajstić information content (AvgIpc) is 2.53. The molecule has 0 bridgehead atoms. The zero-order valence-electron chi connectivity index (χ0n) is 15.8. The summed E-state index contributed by atoms with van der Waals surface area (Å²) in [6, 6.07) is 1.79. The van der Waals surface area contributed by atoms with E-state index in [-0.39, 0.29) is 29.3 Å². The van der Waals surface area contributed by atoms with Crippen LogP contribution in [0.15, 0.2) is 16.2 Å². The molecule has 1 aliphatic heterocycles. The molecule has 27 heavy (non-hydrogen) atoms. The highest BCUT2D eigenvalue weighted by Gasteiger charge is 2.60. The third-order valence-corrected chi connectivity index (χ3v) is 4.96. The second-order valence-corrected chi connectivity index (χ2v) is 7.27. The summed E-state index contributed by atoms with van der Waals surface area (Å²) < 4.78 is 16.1. The maximum absolute atomic E-state index is 13.0. The Bertz CT molecular complexity index is 779. The van der Waals surface area contributed by atoms with Gasteiger partial charge in [0.15, 0.2) is 17.0 Å². The Kier molecular flexibility index (Phi) is 6.88. The van der Waals surface area contributed by atoms with Gasteiger partial charge in [0.25, 0.3) is 4.93 Å². The first kappa shape index (κ1) is 21.2. The van der Waals surface area contributed by atoms with E-state index in [1.807, 2.05) is 0 Å². The summed E-state index contributed by atoms with van der Waals surface area (Å²) in [6.45, 7) is 8.68. The third-order valence-electron chi connectivity index (χ3n) is 3.48. The van der Waals surface area contributed by atoms with E-state index in [2.05, 4.69) is 15.0 Å². The second kappa shape index (κ2) is 8.75. The Morgan fingerprint density at radius 2 is 1.78 bits per heavy atom. The fraction of sp³-hybridized carbons (Fsp3) is 0.529. The van der Waals surface area contributed by atoms with Gasteiger partial charge in [-0.15, -0.1) is 0 Å². The lowest BCUT2D eigenvalue weighted by Gasteiger charge is -2.37. The Labute approximate surface area is 167 Å². The first-order chi connectivity index (χ1) is 12.7. The van der Waals surface area contributed by atoms with Gasteiger partial charge in [-0.2, -0.15) is 0 Å². The number of aryl methyl sites for hydroxylation is 2. The van der Waals surface area contributed by atoms with Crippen LogP contribution in [0.25, 0.3) is 0 Å². The first-order valence-corrected chi connectivity index (χ1v) is 9.59. The van der Waals surface area contributed by atoms with Crippen LogP contribution in [-0.4, -0.2) is 50.9 Å². The van der Waals surface area contributed by atoms with E-state index in [1.54, 1.807) is 40.7 Å². The highest BCUT2D eigenvalue weighted by Crippen LogP contribution is 2.44. The van der Waals surface area contributed by atoms with Crippen molar-refractivity contribution in [2.45, 2.75) is 44.7 Å². The van der Waals surface area contributed by atoms with E-state index in [0.29, 0.717) is 11.4 Å². The van der Waals surface area contributed by atoms with Crippen LogP contribution >= 0.6 is 24.0 Å². The van der Waals surface area contributed by atoms with Crippen LogP contribution in [0, 0.1) is 19.8 Å². The molecule has 0 amide bonds. The number of thioether (sulfide) groups is 1. The molecule has 0 unspecified atom stereocenters. The molecule has 1 aromatic rings. The Morgan fingerprint density at radius 1 is 1.19 bits per heavy atom. The predicted molar refractivity (Wildman–Crippen MR) is 104 cm³/mol. The summed E-state index contributed by atoms with van der Waals surface area (Å²) in [5.41, 5.74) is 1.42. The summed E-state index contributed by atoms with van der Waals surface area (Å²) in [5, 5.41) is 0.257. The molecule has 0 N–H and O–H groups in total. The number of carbonyl (C=O) groups excluding carboxylic acids is 2. The summed E-state index contributed by atoms with van der Waals surface area (Å²) in [7, 11) is 0. The molecule has 1 aromatic heterocycles. The van der Waals surface area contributed by atoms with Gasteiger partial charge >= 0.3 is 11.9 Å². The van der Waals surface area contributed by atoms with E-state index in [0.717, 1.165) is 11.8 Å². The summed E-state index contributed by atoms with van der Waals surface area (Å²) in [5.74, 6) is -2.62. The van der Waals surface area contributed by atoms with Gasteiger partial charge in [0, 0.05) is 18.3 Å². The predicted octanol–water partition coefficient (Wildman–Crippen LogP) is 2.40. The zero-order chi connectivity index (χ0) is 20.2. The number of hydrogen-bond acceptors (Lipinski definition) is 9. The molecule has 0 aliphatic carbocycles. The van der Waals surface area contributed by atoms with Gasteiger partial charge in [-0.1, -0.05) is 12.2 Å². The molecule has 2 heterocycles. The molecule has 2 atom stereocenters. The van der Waals surface area contributed by atoms with Crippen LogP contribution in [0.5, 0.6) is 0 Å². The number of aliphatic imine (C=N–C) groups is 1. The van der Waals surface area contributed by atoms with Crippen molar-refractivity contribution in [2.75, 3.05) is 13.2 Å². The number of carbonyl (C=O) groups is 2. The van der Waals surface area contributed by atoms with Crippen LogP contribution in [-0.2, 0) is 23.8 Å². The molecule has 0 spiro atoms. The smallest absolute Gasteiger partial charge is 0.363 e. The van der Waals surface area contributed by atoms with Crippen molar-refractivity contribution in [3.8, 4) is 0 Å². The Hall–Kier alpha value is -2.07. The van der Waals surface area contributed by atoms with Gasteiger partial charge in [-0.05, 0) is 45.5 Å². The number of thiocarbonyl (C=S) groups is 1. The van der Waals surface area contributed by atoms with E-state index < -0.39 is 22.8 Å². The number of hydrogen-bond donors (Lipinski definition) is 0. The molecule has 146 valence electrons. The molecule has 0 saturated heterocycles. The SMILES string of the molecule is CCOC(=O)[C@@H]1C(=S)N=C(C)O[C@]1(Sc1nc(C)cc(C)n1)C(=O)OCC. The van der Waals surface area contributed by atoms with Crippen molar-refractivity contribution < 1.29 is 23.8 Å². The molecule has 0 radical (unpaired) electrons. The van der Waals surface area contributed by atoms with Crippen LogP contribution in [0.2, 0.25) is 0 Å². The van der Waals surface area contributed by atoms with Crippen molar-refractivity contribution in [2.24, 2.45) is 10.9 Å². The number of esters is 2. The van der Waals surface area contributed by atoms with Gasteiger partial charge in [0.05, 0.1) is 13.2 Å².